The van der Waals surface area contributed by atoms with Crippen LogP contribution in [0, 0.1) is 6.92 Å². The molecular weight excluding hydrogens is 411 g/mol. The van der Waals surface area contributed by atoms with Crippen molar-refractivity contribution in [3.05, 3.63) is 30.1 Å². The van der Waals surface area contributed by atoms with Crippen molar-refractivity contribution in [1.29, 1.82) is 0 Å². The second-order valence-corrected chi connectivity index (χ2v) is 7.68. The van der Waals surface area contributed by atoms with Gasteiger partial charge in [-0.25, -0.2) is 9.97 Å². The quantitative estimate of drug-likeness (QED) is 0.539. The second-order valence-electron chi connectivity index (χ2n) is 7.68. The molecule has 0 amide bonds. The van der Waals surface area contributed by atoms with Gasteiger partial charge >= 0.3 is 6.18 Å². The number of aromatic nitrogens is 5. The first-order valence-electron chi connectivity index (χ1n) is 10.1. The zero-order valence-corrected chi connectivity index (χ0v) is 17.4. The van der Waals surface area contributed by atoms with E-state index in [4.69, 9.17) is 9.72 Å². The lowest BCUT2D eigenvalue weighted by Crippen LogP contribution is -2.38. The number of ether oxygens (including phenoxy) is 1. The van der Waals surface area contributed by atoms with Gasteiger partial charge in [-0.3, -0.25) is 4.68 Å². The van der Waals surface area contributed by atoms with E-state index in [-0.39, 0.29) is 13.2 Å². The van der Waals surface area contributed by atoms with Crippen molar-refractivity contribution in [2.75, 3.05) is 30.5 Å². The molecule has 0 bridgehead atoms. The molecule has 0 atom stereocenters. The van der Waals surface area contributed by atoms with Crippen molar-refractivity contribution in [2.45, 2.75) is 44.9 Å². The average Bonchev–Trinajstić information content (AvgIpc) is 3.06. The first kappa shape index (κ1) is 21.3. The molecule has 0 aromatic carbocycles. The molecule has 31 heavy (non-hydrogen) atoms. The highest BCUT2D eigenvalue weighted by Crippen LogP contribution is 2.30. The van der Waals surface area contributed by atoms with Crippen molar-refractivity contribution in [2.24, 2.45) is 0 Å². The van der Waals surface area contributed by atoms with Crippen LogP contribution in [0.2, 0.25) is 0 Å². The maximum atomic E-state index is 12.3. The summed E-state index contributed by atoms with van der Waals surface area (Å²) in [5.41, 5.74) is 2.22. The van der Waals surface area contributed by atoms with Gasteiger partial charge in [-0.2, -0.15) is 23.3 Å². The van der Waals surface area contributed by atoms with Gasteiger partial charge in [-0.05, 0) is 43.9 Å². The van der Waals surface area contributed by atoms with Crippen molar-refractivity contribution in [3.8, 4) is 0 Å². The third-order valence-corrected chi connectivity index (χ3v) is 5.29. The number of rotatable bonds is 8. The predicted octanol–water partition coefficient (Wildman–Crippen LogP) is 3.84. The maximum Gasteiger partial charge on any atom is 0.411 e. The molecule has 3 aromatic rings. The molecule has 0 radical (unpaired) electrons. The average molecular weight is 435 g/mol. The van der Waals surface area contributed by atoms with Gasteiger partial charge < -0.3 is 15.0 Å². The summed E-state index contributed by atoms with van der Waals surface area (Å²) in [6, 6.07) is 4.17. The third-order valence-electron chi connectivity index (χ3n) is 5.29. The van der Waals surface area contributed by atoms with E-state index in [2.05, 4.69) is 25.3 Å². The Morgan fingerprint density at radius 2 is 2.10 bits per heavy atom. The molecule has 1 saturated carbocycles. The molecule has 1 fully saturated rings. The molecule has 1 aliphatic carbocycles. The smallest absolute Gasteiger partial charge is 0.370 e. The fourth-order valence-corrected chi connectivity index (χ4v) is 3.40. The van der Waals surface area contributed by atoms with Crippen LogP contribution < -0.4 is 10.2 Å². The summed E-state index contributed by atoms with van der Waals surface area (Å²) in [6.07, 6.45) is 2.30. The summed E-state index contributed by atoms with van der Waals surface area (Å²) in [6.45, 7) is 0.663. The van der Waals surface area contributed by atoms with Crippen LogP contribution in [-0.4, -0.2) is 57.2 Å². The molecule has 8 nitrogen and oxygen atoms in total. The Bertz CT molecular complexity index is 1050. The van der Waals surface area contributed by atoms with E-state index >= 15 is 0 Å². The summed E-state index contributed by atoms with van der Waals surface area (Å²) in [4.78, 5) is 15.7. The Balaban J connectivity index is 1.64. The number of aryl methyl sites for hydroxylation is 1. The van der Waals surface area contributed by atoms with E-state index in [1.807, 2.05) is 26.1 Å². The van der Waals surface area contributed by atoms with Crippen LogP contribution >= 0.6 is 0 Å². The summed E-state index contributed by atoms with van der Waals surface area (Å²) < 4.78 is 43.3. The van der Waals surface area contributed by atoms with E-state index in [9.17, 15) is 13.2 Å². The Morgan fingerprint density at radius 3 is 2.77 bits per heavy atom. The van der Waals surface area contributed by atoms with Gasteiger partial charge in [-0.15, -0.1) is 0 Å². The molecule has 0 spiro atoms. The molecule has 1 N–H and O–H groups in total. The van der Waals surface area contributed by atoms with Crippen LogP contribution in [0.25, 0.3) is 11.0 Å². The van der Waals surface area contributed by atoms with Gasteiger partial charge in [0.15, 0.2) is 5.82 Å². The van der Waals surface area contributed by atoms with Gasteiger partial charge in [0.05, 0.1) is 19.3 Å². The minimum atomic E-state index is -4.36. The highest BCUT2D eigenvalue weighted by Gasteiger charge is 2.28. The number of hydrogen-bond donors (Lipinski definition) is 1. The summed E-state index contributed by atoms with van der Waals surface area (Å²) in [7, 11) is 1.97. The third kappa shape index (κ3) is 5.04. The molecule has 0 unspecified atom stereocenters. The summed E-state index contributed by atoms with van der Waals surface area (Å²) in [5.74, 6) is 1.68. The van der Waals surface area contributed by atoms with Gasteiger partial charge in [-0.1, -0.05) is 0 Å². The van der Waals surface area contributed by atoms with Crippen LogP contribution in [0.4, 0.5) is 30.8 Å². The Morgan fingerprint density at radius 1 is 1.29 bits per heavy atom. The number of nitrogens with zero attached hydrogens (tertiary/aromatic N) is 6. The summed E-state index contributed by atoms with van der Waals surface area (Å²) >= 11 is 0. The van der Waals surface area contributed by atoms with Gasteiger partial charge in [0.1, 0.15) is 23.5 Å². The fraction of sp³-hybridized carbons (Fsp3) is 0.500. The standard InChI is InChI=1S/C20H24F3N7O/c1-13-6-7-24-16(10-13)27-18-17-15(26-19(28-18)29(2)14-4-3-5-14)11-25-30(17)8-9-31-12-20(21,22)23/h6-7,10-11,14H,3-5,8-9,12H2,1-2H3,(H,24,26,27,28). The normalized spacial score (nSPS) is 14.6. The Hall–Kier alpha value is -2.95. The number of pyridine rings is 1. The molecule has 0 aliphatic heterocycles. The lowest BCUT2D eigenvalue weighted by atomic mass is 9.92. The van der Waals surface area contributed by atoms with E-state index in [0.717, 1.165) is 18.4 Å². The SMILES string of the molecule is Cc1ccnc(Nc2nc(N(C)C3CCC3)nc3cnn(CCOCC(F)(F)F)c23)c1. The van der Waals surface area contributed by atoms with Crippen LogP contribution in [0.3, 0.4) is 0 Å². The van der Waals surface area contributed by atoms with E-state index in [0.29, 0.717) is 34.7 Å². The van der Waals surface area contributed by atoms with Crippen molar-refractivity contribution >= 4 is 28.6 Å². The molecular formula is C20H24F3N7O. The number of anilines is 3. The molecule has 0 saturated heterocycles. The minimum Gasteiger partial charge on any atom is -0.370 e. The van der Waals surface area contributed by atoms with Crippen molar-refractivity contribution in [3.63, 3.8) is 0 Å². The zero-order chi connectivity index (χ0) is 22.0. The van der Waals surface area contributed by atoms with Crippen LogP contribution in [-0.2, 0) is 11.3 Å². The van der Waals surface area contributed by atoms with Gasteiger partial charge in [0.2, 0.25) is 5.95 Å². The molecule has 1 aliphatic rings. The minimum absolute atomic E-state index is 0.136. The Labute approximate surface area is 177 Å². The zero-order valence-electron chi connectivity index (χ0n) is 17.4. The first-order valence-corrected chi connectivity index (χ1v) is 10.1. The lowest BCUT2D eigenvalue weighted by molar-refractivity contribution is -0.174. The fourth-order valence-electron chi connectivity index (χ4n) is 3.40. The number of nitrogens with one attached hydrogen (secondary N) is 1. The second kappa shape index (κ2) is 8.66. The van der Waals surface area contributed by atoms with Crippen LogP contribution in [0.15, 0.2) is 24.5 Å². The molecule has 4 rings (SSSR count). The monoisotopic (exact) mass is 435 g/mol. The largest absolute Gasteiger partial charge is 0.411 e. The predicted molar refractivity (Wildman–Crippen MR) is 110 cm³/mol. The van der Waals surface area contributed by atoms with Gasteiger partial charge in [0, 0.05) is 19.3 Å². The molecule has 3 heterocycles. The molecule has 11 heteroatoms. The van der Waals surface area contributed by atoms with E-state index in [1.54, 1.807) is 17.1 Å². The number of fused-ring (bicyclic) bond motifs is 1. The number of halogens is 3. The lowest BCUT2D eigenvalue weighted by Gasteiger charge is -2.34. The maximum absolute atomic E-state index is 12.3. The first-order chi connectivity index (χ1) is 14.8. The van der Waals surface area contributed by atoms with E-state index < -0.39 is 12.8 Å². The topological polar surface area (TPSA) is 81.0 Å². The van der Waals surface area contributed by atoms with Crippen molar-refractivity contribution < 1.29 is 17.9 Å². The molecule has 3 aromatic heterocycles. The van der Waals surface area contributed by atoms with Crippen LogP contribution in [0.1, 0.15) is 24.8 Å². The Kier molecular flexibility index (Phi) is 5.94. The van der Waals surface area contributed by atoms with Crippen LogP contribution in [0.5, 0.6) is 0 Å². The van der Waals surface area contributed by atoms with Crippen molar-refractivity contribution in [1.82, 2.24) is 24.7 Å². The van der Waals surface area contributed by atoms with Gasteiger partial charge in [0.25, 0.3) is 0 Å². The highest BCUT2D eigenvalue weighted by molar-refractivity contribution is 5.88. The molecule has 166 valence electrons. The summed E-state index contributed by atoms with van der Waals surface area (Å²) in [5, 5.41) is 7.53. The number of hydrogen-bond acceptors (Lipinski definition) is 7. The highest BCUT2D eigenvalue weighted by atomic mass is 19.4. The number of alkyl halides is 3. The van der Waals surface area contributed by atoms with E-state index in [1.165, 1.54) is 6.42 Å².